The lowest BCUT2D eigenvalue weighted by Gasteiger charge is -2.34. The number of amides is 1. The number of carbonyl (C=O) groups excluding carboxylic acids is 1. The van der Waals surface area contributed by atoms with Crippen molar-refractivity contribution in [1.29, 1.82) is 0 Å². The SMILES string of the molecule is O=C(c1cc(=O)nc2sc(N3CCOCC3)nn12)N1CCN(Cc2ccccc2)CC1. The van der Waals surface area contributed by atoms with Crippen molar-refractivity contribution in [3.8, 4) is 0 Å². The van der Waals surface area contributed by atoms with Crippen LogP contribution >= 0.6 is 11.3 Å². The third-order valence-electron chi connectivity index (χ3n) is 5.65. The van der Waals surface area contributed by atoms with E-state index in [1.165, 1.54) is 27.5 Å². The van der Waals surface area contributed by atoms with E-state index in [1.54, 1.807) is 4.90 Å². The van der Waals surface area contributed by atoms with Crippen molar-refractivity contribution in [2.75, 3.05) is 57.4 Å². The number of hydrogen-bond acceptors (Lipinski definition) is 8. The Balaban J connectivity index is 1.32. The molecule has 2 aliphatic rings. The number of morpholine rings is 1. The van der Waals surface area contributed by atoms with Gasteiger partial charge < -0.3 is 14.5 Å². The molecule has 9 nitrogen and oxygen atoms in total. The summed E-state index contributed by atoms with van der Waals surface area (Å²) < 4.78 is 6.92. The molecule has 2 saturated heterocycles. The van der Waals surface area contributed by atoms with Gasteiger partial charge in [-0.3, -0.25) is 14.5 Å². The quantitative estimate of drug-likeness (QED) is 0.597. The number of ether oxygens (including phenoxy) is 1. The Morgan fingerprint density at radius 3 is 2.52 bits per heavy atom. The van der Waals surface area contributed by atoms with Gasteiger partial charge in [-0.15, -0.1) is 5.10 Å². The van der Waals surface area contributed by atoms with Crippen LogP contribution in [0, 0.1) is 0 Å². The summed E-state index contributed by atoms with van der Waals surface area (Å²) in [5.74, 6) is -0.173. The second-order valence-corrected chi connectivity index (χ2v) is 8.65. The van der Waals surface area contributed by atoms with Crippen molar-refractivity contribution >= 4 is 27.3 Å². The van der Waals surface area contributed by atoms with Gasteiger partial charge in [0.15, 0.2) is 0 Å². The van der Waals surface area contributed by atoms with Crippen molar-refractivity contribution in [2.24, 2.45) is 0 Å². The van der Waals surface area contributed by atoms with Gasteiger partial charge in [-0.25, -0.2) is 0 Å². The smallest absolute Gasteiger partial charge is 0.274 e. The summed E-state index contributed by atoms with van der Waals surface area (Å²) in [7, 11) is 0. The predicted molar refractivity (Wildman–Crippen MR) is 118 cm³/mol. The van der Waals surface area contributed by atoms with Gasteiger partial charge in [0.25, 0.3) is 11.5 Å². The van der Waals surface area contributed by atoms with E-state index >= 15 is 0 Å². The topological polar surface area (TPSA) is 83.3 Å². The first-order valence-corrected chi connectivity index (χ1v) is 11.3. The van der Waals surface area contributed by atoms with Gasteiger partial charge in [-0.05, 0) is 5.56 Å². The maximum absolute atomic E-state index is 13.3. The lowest BCUT2D eigenvalue weighted by molar-refractivity contribution is 0.0619. The highest BCUT2D eigenvalue weighted by molar-refractivity contribution is 7.20. The molecule has 162 valence electrons. The molecule has 4 heterocycles. The summed E-state index contributed by atoms with van der Waals surface area (Å²) in [6.07, 6.45) is 0. The standard InChI is InChI=1S/C21H24N6O3S/c28-18-14-17(27-20(22-18)31-21(23-27)26-10-12-30-13-11-26)19(29)25-8-6-24(7-9-25)15-16-4-2-1-3-5-16/h1-5,14H,6-13,15H2. The summed E-state index contributed by atoms with van der Waals surface area (Å²) in [6.45, 7) is 6.43. The molecule has 2 aliphatic heterocycles. The minimum absolute atomic E-state index is 0.173. The fourth-order valence-corrected chi connectivity index (χ4v) is 4.91. The van der Waals surface area contributed by atoms with Crippen molar-refractivity contribution in [1.82, 2.24) is 24.4 Å². The molecule has 1 amide bonds. The van der Waals surface area contributed by atoms with Crippen LogP contribution in [0.4, 0.5) is 5.13 Å². The molecule has 0 aliphatic carbocycles. The van der Waals surface area contributed by atoms with Crippen LogP contribution in [-0.4, -0.2) is 82.8 Å². The number of carbonyl (C=O) groups is 1. The fraction of sp³-hybridized carbons (Fsp3) is 0.429. The zero-order valence-electron chi connectivity index (χ0n) is 17.1. The molecule has 0 saturated carbocycles. The monoisotopic (exact) mass is 440 g/mol. The molecule has 0 radical (unpaired) electrons. The maximum Gasteiger partial charge on any atom is 0.274 e. The average Bonchev–Trinajstić information content (AvgIpc) is 3.24. The maximum atomic E-state index is 13.3. The molecule has 2 aromatic heterocycles. The minimum atomic E-state index is -0.414. The van der Waals surface area contributed by atoms with E-state index in [0.717, 1.165) is 37.9 Å². The summed E-state index contributed by atoms with van der Waals surface area (Å²) in [6, 6.07) is 11.6. The van der Waals surface area contributed by atoms with Crippen molar-refractivity contribution in [3.05, 3.63) is 58.0 Å². The van der Waals surface area contributed by atoms with Crippen LogP contribution in [0.25, 0.3) is 4.96 Å². The average molecular weight is 441 g/mol. The summed E-state index contributed by atoms with van der Waals surface area (Å²) in [4.78, 5) is 36.2. The Morgan fingerprint density at radius 2 is 1.77 bits per heavy atom. The van der Waals surface area contributed by atoms with E-state index in [2.05, 4.69) is 32.0 Å². The molecule has 0 atom stereocenters. The molecule has 1 aromatic carbocycles. The van der Waals surface area contributed by atoms with Crippen molar-refractivity contribution in [3.63, 3.8) is 0 Å². The lowest BCUT2D eigenvalue weighted by Crippen LogP contribution is -2.48. The molecule has 0 bridgehead atoms. The normalized spacial score (nSPS) is 17.9. The van der Waals surface area contributed by atoms with Gasteiger partial charge in [0.05, 0.1) is 13.2 Å². The highest BCUT2D eigenvalue weighted by Crippen LogP contribution is 2.23. The molecule has 3 aromatic rings. The Hall–Kier alpha value is -2.82. The minimum Gasteiger partial charge on any atom is -0.378 e. The summed E-state index contributed by atoms with van der Waals surface area (Å²) in [5.41, 5.74) is 1.13. The molecular formula is C21H24N6O3S. The largest absolute Gasteiger partial charge is 0.378 e. The second-order valence-electron chi connectivity index (χ2n) is 7.71. The number of anilines is 1. The van der Waals surface area contributed by atoms with Crippen molar-refractivity contribution in [2.45, 2.75) is 6.54 Å². The first-order chi connectivity index (χ1) is 15.2. The number of aromatic nitrogens is 3. The van der Waals surface area contributed by atoms with Gasteiger partial charge in [0.1, 0.15) is 5.69 Å². The summed E-state index contributed by atoms with van der Waals surface area (Å²) in [5, 5.41) is 5.36. The third-order valence-corrected chi connectivity index (χ3v) is 6.62. The number of rotatable bonds is 4. The van der Waals surface area contributed by atoms with Crippen LogP contribution in [-0.2, 0) is 11.3 Å². The van der Waals surface area contributed by atoms with E-state index in [1.807, 2.05) is 18.2 Å². The number of benzene rings is 1. The molecule has 0 spiro atoms. The van der Waals surface area contributed by atoms with E-state index in [0.29, 0.717) is 31.3 Å². The molecule has 31 heavy (non-hydrogen) atoms. The second kappa shape index (κ2) is 8.74. The Labute approximate surface area is 183 Å². The van der Waals surface area contributed by atoms with Gasteiger partial charge >= 0.3 is 0 Å². The number of fused-ring (bicyclic) bond motifs is 1. The van der Waals surface area contributed by atoms with Crippen LogP contribution in [0.15, 0.2) is 41.2 Å². The highest BCUT2D eigenvalue weighted by Gasteiger charge is 2.26. The highest BCUT2D eigenvalue weighted by atomic mass is 32.1. The van der Waals surface area contributed by atoms with Gasteiger partial charge in [-0.2, -0.15) is 9.50 Å². The predicted octanol–water partition coefficient (Wildman–Crippen LogP) is 0.946. The van der Waals surface area contributed by atoms with Crippen LogP contribution in [0.1, 0.15) is 16.1 Å². The van der Waals surface area contributed by atoms with Crippen LogP contribution < -0.4 is 10.5 Å². The number of piperazine rings is 1. The molecule has 10 heteroatoms. The number of nitrogens with zero attached hydrogens (tertiary/aromatic N) is 6. The Morgan fingerprint density at radius 1 is 1.03 bits per heavy atom. The first kappa shape index (κ1) is 20.1. The molecular weight excluding hydrogens is 416 g/mol. The van der Waals surface area contributed by atoms with Crippen molar-refractivity contribution < 1.29 is 9.53 Å². The van der Waals surface area contributed by atoms with E-state index in [-0.39, 0.29) is 11.6 Å². The zero-order chi connectivity index (χ0) is 21.2. The van der Waals surface area contributed by atoms with E-state index in [4.69, 9.17) is 4.74 Å². The summed E-state index contributed by atoms with van der Waals surface area (Å²) >= 11 is 1.33. The fourth-order valence-electron chi connectivity index (χ4n) is 3.95. The zero-order valence-corrected chi connectivity index (χ0v) is 18.0. The van der Waals surface area contributed by atoms with Gasteiger partial charge in [-0.1, -0.05) is 41.7 Å². The third kappa shape index (κ3) is 4.32. The van der Waals surface area contributed by atoms with Gasteiger partial charge in [0, 0.05) is 51.9 Å². The lowest BCUT2D eigenvalue weighted by atomic mass is 10.2. The Bertz CT molecular complexity index is 1120. The molecule has 0 N–H and O–H groups in total. The van der Waals surface area contributed by atoms with Gasteiger partial charge in [0.2, 0.25) is 10.1 Å². The van der Waals surface area contributed by atoms with E-state index < -0.39 is 5.56 Å². The molecule has 5 rings (SSSR count). The first-order valence-electron chi connectivity index (χ1n) is 10.5. The molecule has 0 unspecified atom stereocenters. The van der Waals surface area contributed by atoms with E-state index in [9.17, 15) is 9.59 Å². The van der Waals surface area contributed by atoms with Crippen LogP contribution in [0.5, 0.6) is 0 Å². The number of hydrogen-bond donors (Lipinski definition) is 0. The van der Waals surface area contributed by atoms with Crippen LogP contribution in [0.3, 0.4) is 0 Å². The molecule has 2 fully saturated rings. The Kier molecular flexibility index (Phi) is 5.66. The van der Waals surface area contributed by atoms with Crippen LogP contribution in [0.2, 0.25) is 0 Å².